The van der Waals surface area contributed by atoms with Crippen LogP contribution in [-0.4, -0.2) is 52.4 Å². The van der Waals surface area contributed by atoms with Gasteiger partial charge in [0, 0.05) is 6.54 Å². The van der Waals surface area contributed by atoms with E-state index in [1.807, 2.05) is 0 Å². The second-order valence-corrected chi connectivity index (χ2v) is 2.41. The fraction of sp³-hybridized carbons (Fsp3) is 0.714. The summed E-state index contributed by atoms with van der Waals surface area (Å²) in [5, 5.41) is 28.5. The molecular formula is C7H13NO5. The van der Waals surface area contributed by atoms with Crippen molar-refractivity contribution in [2.45, 2.75) is 19.1 Å². The van der Waals surface area contributed by atoms with Crippen LogP contribution in [0, 0.1) is 0 Å². The monoisotopic (exact) mass is 191 g/mol. The third kappa shape index (κ3) is 3.49. The molecule has 0 aliphatic rings. The number of rotatable bonds is 5. The predicted molar refractivity (Wildman–Crippen MR) is 42.8 cm³/mol. The number of nitrogens with one attached hydrogen (secondary N) is 1. The van der Waals surface area contributed by atoms with Crippen molar-refractivity contribution in [2.75, 3.05) is 13.2 Å². The molecule has 2 unspecified atom stereocenters. The van der Waals surface area contributed by atoms with Crippen molar-refractivity contribution in [3.63, 3.8) is 0 Å². The molecule has 0 aliphatic carbocycles. The van der Waals surface area contributed by atoms with Gasteiger partial charge in [-0.1, -0.05) is 0 Å². The molecule has 0 aromatic heterocycles. The van der Waals surface area contributed by atoms with Gasteiger partial charge in [0.05, 0.1) is 0 Å². The highest BCUT2D eigenvalue weighted by Gasteiger charge is 2.28. The van der Waals surface area contributed by atoms with E-state index in [4.69, 9.17) is 15.3 Å². The zero-order valence-corrected chi connectivity index (χ0v) is 7.23. The van der Waals surface area contributed by atoms with Gasteiger partial charge in [0.2, 0.25) is 0 Å². The molecular weight excluding hydrogens is 178 g/mol. The van der Waals surface area contributed by atoms with E-state index in [1.54, 1.807) is 6.92 Å². The molecule has 6 heteroatoms. The molecule has 6 nitrogen and oxygen atoms in total. The third-order valence-electron chi connectivity index (χ3n) is 1.40. The molecule has 0 bridgehead atoms. The summed E-state index contributed by atoms with van der Waals surface area (Å²) in [5.41, 5.74) is 0. The second-order valence-electron chi connectivity index (χ2n) is 2.41. The van der Waals surface area contributed by atoms with E-state index in [2.05, 4.69) is 5.32 Å². The predicted octanol–water partition coefficient (Wildman–Crippen LogP) is -2.59. The second kappa shape index (κ2) is 5.63. The molecule has 76 valence electrons. The highest BCUT2D eigenvalue weighted by atomic mass is 16.3. The highest BCUT2D eigenvalue weighted by Crippen LogP contribution is 1.95. The smallest absolute Gasteiger partial charge is 0.252 e. The molecule has 4 N–H and O–H groups in total. The van der Waals surface area contributed by atoms with Crippen molar-refractivity contribution in [2.24, 2.45) is 0 Å². The number of amides is 1. The van der Waals surface area contributed by atoms with Crippen LogP contribution in [0.5, 0.6) is 0 Å². The van der Waals surface area contributed by atoms with Crippen LogP contribution < -0.4 is 5.32 Å². The minimum atomic E-state index is -1.86. The summed E-state index contributed by atoms with van der Waals surface area (Å²) >= 11 is 0. The van der Waals surface area contributed by atoms with E-state index in [0.717, 1.165) is 0 Å². The van der Waals surface area contributed by atoms with Gasteiger partial charge in [-0.05, 0) is 6.92 Å². The van der Waals surface area contributed by atoms with Crippen LogP contribution >= 0.6 is 0 Å². The van der Waals surface area contributed by atoms with E-state index in [0.29, 0.717) is 0 Å². The summed E-state index contributed by atoms with van der Waals surface area (Å²) in [6, 6.07) is 0. The van der Waals surface area contributed by atoms with Crippen LogP contribution in [-0.2, 0) is 9.59 Å². The lowest BCUT2D eigenvalue weighted by molar-refractivity contribution is -0.146. The van der Waals surface area contributed by atoms with E-state index >= 15 is 0 Å². The molecule has 0 rings (SSSR count). The first kappa shape index (κ1) is 12.0. The molecule has 0 spiro atoms. The van der Waals surface area contributed by atoms with E-state index in [1.165, 1.54) is 0 Å². The van der Waals surface area contributed by atoms with Crippen molar-refractivity contribution in [3.8, 4) is 0 Å². The Labute approximate surface area is 75.2 Å². The molecule has 0 radical (unpaired) electrons. The van der Waals surface area contributed by atoms with Crippen molar-refractivity contribution in [3.05, 3.63) is 0 Å². The van der Waals surface area contributed by atoms with Gasteiger partial charge in [-0.2, -0.15) is 0 Å². The summed E-state index contributed by atoms with van der Waals surface area (Å²) in [6.07, 6.45) is -3.68. The van der Waals surface area contributed by atoms with Crippen LogP contribution in [0.1, 0.15) is 6.92 Å². The maximum atomic E-state index is 10.8. The Hall–Kier alpha value is -0.980. The fourth-order valence-corrected chi connectivity index (χ4v) is 0.692. The van der Waals surface area contributed by atoms with Gasteiger partial charge in [-0.25, -0.2) is 0 Å². The minimum absolute atomic E-state index is 0.288. The molecule has 1 amide bonds. The van der Waals surface area contributed by atoms with Crippen LogP contribution in [0.4, 0.5) is 0 Å². The van der Waals surface area contributed by atoms with Gasteiger partial charge >= 0.3 is 0 Å². The lowest BCUT2D eigenvalue weighted by Crippen LogP contribution is -2.46. The average Bonchev–Trinajstić information content (AvgIpc) is 2.14. The van der Waals surface area contributed by atoms with Crippen molar-refractivity contribution < 1.29 is 24.9 Å². The highest BCUT2D eigenvalue weighted by molar-refractivity contribution is 5.92. The first-order valence-electron chi connectivity index (χ1n) is 3.82. The first-order chi connectivity index (χ1) is 6.04. The zero-order valence-electron chi connectivity index (χ0n) is 7.23. The Morgan fingerprint density at radius 3 is 2.23 bits per heavy atom. The molecule has 0 aliphatic heterocycles. The SMILES string of the molecule is CCNC(=O)C(O)C(O)C(=O)CO. The van der Waals surface area contributed by atoms with E-state index in [9.17, 15) is 9.59 Å². The van der Waals surface area contributed by atoms with Gasteiger partial charge in [0.25, 0.3) is 5.91 Å². The standard InChI is InChI=1S/C7H13NO5/c1-2-8-7(13)6(12)5(11)4(10)3-9/h5-6,9,11-12H,2-3H2,1H3,(H,8,13). The number of Topliss-reactive ketones (excluding diaryl/α,β-unsaturated/α-hetero) is 1. The maximum absolute atomic E-state index is 10.8. The number of aliphatic hydroxyl groups excluding tert-OH is 3. The van der Waals surface area contributed by atoms with Gasteiger partial charge in [-0.15, -0.1) is 0 Å². The molecule has 0 aromatic carbocycles. The van der Waals surface area contributed by atoms with Gasteiger partial charge in [0.15, 0.2) is 11.9 Å². The lowest BCUT2D eigenvalue weighted by atomic mass is 10.1. The van der Waals surface area contributed by atoms with Gasteiger partial charge in [0.1, 0.15) is 12.7 Å². The Bertz CT molecular complexity index is 193. The third-order valence-corrected chi connectivity index (χ3v) is 1.40. The van der Waals surface area contributed by atoms with Crippen LogP contribution in [0.25, 0.3) is 0 Å². The summed E-state index contributed by atoms with van der Waals surface area (Å²) in [6.45, 7) is 1.01. The molecule has 0 aromatic rings. The summed E-state index contributed by atoms with van der Waals surface area (Å²) in [5.74, 6) is -1.82. The lowest BCUT2D eigenvalue weighted by Gasteiger charge is -2.14. The minimum Gasteiger partial charge on any atom is -0.388 e. The molecule has 2 atom stereocenters. The normalized spacial score (nSPS) is 14.8. The first-order valence-corrected chi connectivity index (χ1v) is 3.82. The van der Waals surface area contributed by atoms with Crippen molar-refractivity contribution in [1.82, 2.24) is 5.32 Å². The summed E-state index contributed by atoms with van der Waals surface area (Å²) < 4.78 is 0. The largest absolute Gasteiger partial charge is 0.388 e. The average molecular weight is 191 g/mol. The number of carbonyl (C=O) groups excluding carboxylic acids is 2. The number of aliphatic hydroxyl groups is 3. The molecule has 0 fully saturated rings. The molecule has 0 heterocycles. The van der Waals surface area contributed by atoms with Crippen molar-refractivity contribution in [1.29, 1.82) is 0 Å². The van der Waals surface area contributed by atoms with Gasteiger partial charge in [-0.3, -0.25) is 9.59 Å². The Balaban J connectivity index is 4.16. The Kier molecular flexibility index (Phi) is 5.20. The number of hydrogen-bond donors (Lipinski definition) is 4. The van der Waals surface area contributed by atoms with E-state index < -0.39 is 30.5 Å². The van der Waals surface area contributed by atoms with E-state index in [-0.39, 0.29) is 6.54 Å². The number of hydrogen-bond acceptors (Lipinski definition) is 5. The summed E-state index contributed by atoms with van der Waals surface area (Å²) in [4.78, 5) is 21.5. The summed E-state index contributed by atoms with van der Waals surface area (Å²) in [7, 11) is 0. The van der Waals surface area contributed by atoms with Crippen LogP contribution in [0.2, 0.25) is 0 Å². The van der Waals surface area contributed by atoms with Gasteiger partial charge < -0.3 is 20.6 Å². The molecule has 13 heavy (non-hydrogen) atoms. The number of ketones is 1. The van der Waals surface area contributed by atoms with Crippen LogP contribution in [0.15, 0.2) is 0 Å². The zero-order chi connectivity index (χ0) is 10.4. The molecule has 0 saturated carbocycles. The number of likely N-dealkylation sites (N-methyl/N-ethyl adjacent to an activating group) is 1. The Morgan fingerprint density at radius 2 is 1.85 bits per heavy atom. The molecule has 0 saturated heterocycles. The Morgan fingerprint density at radius 1 is 1.31 bits per heavy atom. The quantitative estimate of drug-likeness (QED) is 0.381. The van der Waals surface area contributed by atoms with Crippen molar-refractivity contribution >= 4 is 11.7 Å². The topological polar surface area (TPSA) is 107 Å². The number of carbonyl (C=O) groups is 2. The van der Waals surface area contributed by atoms with Crippen LogP contribution in [0.3, 0.4) is 0 Å². The maximum Gasteiger partial charge on any atom is 0.252 e. The fourth-order valence-electron chi connectivity index (χ4n) is 0.692.